The summed E-state index contributed by atoms with van der Waals surface area (Å²) in [4.78, 5) is 2.13. The van der Waals surface area contributed by atoms with Crippen molar-refractivity contribution in [3.8, 4) is 5.75 Å². The van der Waals surface area contributed by atoms with Crippen LogP contribution in [-0.4, -0.2) is 48.3 Å². The summed E-state index contributed by atoms with van der Waals surface area (Å²) in [6.45, 7) is 0.949. The van der Waals surface area contributed by atoms with Crippen molar-refractivity contribution in [1.29, 1.82) is 0 Å². The third-order valence-corrected chi connectivity index (χ3v) is 4.37. The van der Waals surface area contributed by atoms with Gasteiger partial charge in [-0.25, -0.2) is 4.39 Å². The third kappa shape index (κ3) is 2.79. The number of benzene rings is 1. The molecule has 1 fully saturated rings. The van der Waals surface area contributed by atoms with Gasteiger partial charge in [-0.05, 0) is 24.7 Å². The Balaban J connectivity index is 2.17. The fraction of sp³-hybridized carbons (Fsp3) is 0.538. The smallest absolute Gasteiger partial charge is 0.165 e. The molecule has 0 aromatic heterocycles. The van der Waals surface area contributed by atoms with E-state index in [-0.39, 0.29) is 11.8 Å². The second-order valence-corrected chi connectivity index (χ2v) is 5.61. The lowest BCUT2D eigenvalue weighted by Gasteiger charge is -2.35. The molecule has 0 radical (unpaired) electrons. The van der Waals surface area contributed by atoms with Crippen molar-refractivity contribution < 1.29 is 14.2 Å². The highest BCUT2D eigenvalue weighted by molar-refractivity contribution is 7.99. The molecule has 0 spiro atoms. The predicted octanol–water partition coefficient (Wildman–Crippen LogP) is 1.91. The quantitative estimate of drug-likeness (QED) is 0.910. The van der Waals surface area contributed by atoms with Crippen molar-refractivity contribution >= 4 is 11.8 Å². The van der Waals surface area contributed by atoms with Gasteiger partial charge in [0.05, 0.1) is 13.2 Å². The highest BCUT2D eigenvalue weighted by atomic mass is 32.2. The Morgan fingerprint density at radius 1 is 1.56 bits per heavy atom. The van der Waals surface area contributed by atoms with Crippen LogP contribution < -0.4 is 4.74 Å². The van der Waals surface area contributed by atoms with Crippen LogP contribution >= 0.6 is 11.8 Å². The summed E-state index contributed by atoms with van der Waals surface area (Å²) in [5.41, 5.74) is 0.604. The van der Waals surface area contributed by atoms with E-state index in [1.807, 2.05) is 18.8 Å². The van der Waals surface area contributed by atoms with E-state index in [0.29, 0.717) is 5.56 Å². The number of hydrogen-bond donors (Lipinski definition) is 1. The molecule has 1 saturated heterocycles. The Bertz CT molecular complexity index is 416. The van der Waals surface area contributed by atoms with Gasteiger partial charge in [0, 0.05) is 24.1 Å². The Kier molecular flexibility index (Phi) is 4.48. The molecule has 0 aliphatic carbocycles. The first-order valence-electron chi connectivity index (χ1n) is 5.93. The van der Waals surface area contributed by atoms with Gasteiger partial charge in [0.1, 0.15) is 0 Å². The first-order chi connectivity index (χ1) is 8.63. The zero-order chi connectivity index (χ0) is 13.1. The maximum absolute atomic E-state index is 13.6. The van der Waals surface area contributed by atoms with Gasteiger partial charge in [-0.3, -0.25) is 4.90 Å². The number of aliphatic hydroxyl groups is 1. The van der Waals surface area contributed by atoms with Crippen LogP contribution in [0.4, 0.5) is 4.39 Å². The summed E-state index contributed by atoms with van der Waals surface area (Å²) in [6, 6.07) is 4.68. The minimum absolute atomic E-state index is 0.0385. The van der Waals surface area contributed by atoms with Gasteiger partial charge in [-0.1, -0.05) is 6.07 Å². The second kappa shape index (κ2) is 5.91. The Morgan fingerprint density at radius 2 is 2.33 bits per heavy atom. The molecule has 0 bridgehead atoms. The van der Waals surface area contributed by atoms with E-state index in [1.54, 1.807) is 12.1 Å². The Labute approximate surface area is 111 Å². The van der Waals surface area contributed by atoms with Gasteiger partial charge >= 0.3 is 0 Å². The van der Waals surface area contributed by atoms with Crippen molar-refractivity contribution in [3.63, 3.8) is 0 Å². The predicted molar refractivity (Wildman–Crippen MR) is 71.7 cm³/mol. The van der Waals surface area contributed by atoms with Crippen LogP contribution in [-0.2, 0) is 0 Å². The molecule has 2 rings (SSSR count). The number of aliphatic hydroxyl groups excluding tert-OH is 1. The molecular formula is C13H18FNO2S. The van der Waals surface area contributed by atoms with Crippen molar-refractivity contribution in [2.45, 2.75) is 12.1 Å². The van der Waals surface area contributed by atoms with Crippen LogP contribution in [0.2, 0.25) is 0 Å². The summed E-state index contributed by atoms with van der Waals surface area (Å²) in [5.74, 6) is 1.72. The van der Waals surface area contributed by atoms with Crippen molar-refractivity contribution in [2.75, 3.05) is 32.2 Å². The van der Waals surface area contributed by atoms with E-state index < -0.39 is 11.9 Å². The number of thioether (sulfide) groups is 1. The summed E-state index contributed by atoms with van der Waals surface area (Å²) >= 11 is 1.82. The molecule has 18 heavy (non-hydrogen) atoms. The summed E-state index contributed by atoms with van der Waals surface area (Å²) in [6.07, 6.45) is -0.664. The molecule has 0 saturated carbocycles. The summed E-state index contributed by atoms with van der Waals surface area (Å²) < 4.78 is 18.5. The maximum Gasteiger partial charge on any atom is 0.165 e. The van der Waals surface area contributed by atoms with Crippen molar-refractivity contribution in [2.24, 2.45) is 0 Å². The minimum atomic E-state index is -0.664. The van der Waals surface area contributed by atoms with E-state index in [2.05, 4.69) is 4.90 Å². The third-order valence-electron chi connectivity index (χ3n) is 3.32. The fourth-order valence-electron chi connectivity index (χ4n) is 2.13. The lowest BCUT2D eigenvalue weighted by molar-refractivity contribution is 0.0755. The van der Waals surface area contributed by atoms with Gasteiger partial charge in [-0.2, -0.15) is 11.8 Å². The van der Waals surface area contributed by atoms with Gasteiger partial charge in [-0.15, -0.1) is 0 Å². The number of ether oxygens (including phenoxy) is 1. The highest BCUT2D eigenvalue weighted by Gasteiger charge is 2.28. The van der Waals surface area contributed by atoms with Crippen LogP contribution in [0.15, 0.2) is 18.2 Å². The molecule has 1 aliphatic heterocycles. The molecule has 1 N–H and O–H groups in total. The van der Waals surface area contributed by atoms with Crippen LogP contribution in [0.3, 0.4) is 0 Å². The zero-order valence-electron chi connectivity index (χ0n) is 10.6. The summed E-state index contributed by atoms with van der Waals surface area (Å²) in [7, 11) is 3.42. The van der Waals surface area contributed by atoms with E-state index in [0.717, 1.165) is 18.1 Å². The molecule has 1 aromatic carbocycles. The molecule has 1 aliphatic rings. The number of nitrogens with zero attached hydrogens (tertiary/aromatic N) is 1. The van der Waals surface area contributed by atoms with Crippen molar-refractivity contribution in [1.82, 2.24) is 4.90 Å². The standard InChI is InChI=1S/C13H18FNO2S/c1-15-5-6-18-8-11(15)13(16)9-3-4-12(17-2)10(14)7-9/h3-4,7,11,13,16H,5-6,8H2,1-2H3. The number of rotatable bonds is 3. The van der Waals surface area contributed by atoms with Crippen LogP contribution in [0.1, 0.15) is 11.7 Å². The number of likely N-dealkylation sites (N-methyl/N-ethyl adjacent to an activating group) is 1. The molecule has 2 unspecified atom stereocenters. The molecule has 5 heteroatoms. The lowest BCUT2D eigenvalue weighted by Crippen LogP contribution is -2.43. The highest BCUT2D eigenvalue weighted by Crippen LogP contribution is 2.29. The topological polar surface area (TPSA) is 32.7 Å². The van der Waals surface area contributed by atoms with Gasteiger partial charge in [0.2, 0.25) is 0 Å². The molecule has 1 aromatic rings. The molecule has 3 nitrogen and oxygen atoms in total. The molecule has 1 heterocycles. The first kappa shape index (κ1) is 13.6. The van der Waals surface area contributed by atoms with E-state index >= 15 is 0 Å². The maximum atomic E-state index is 13.6. The molecular weight excluding hydrogens is 253 g/mol. The fourth-order valence-corrected chi connectivity index (χ4v) is 3.39. The van der Waals surface area contributed by atoms with Crippen molar-refractivity contribution in [3.05, 3.63) is 29.6 Å². The normalized spacial score (nSPS) is 22.8. The largest absolute Gasteiger partial charge is 0.494 e. The Hall–Kier alpha value is -0.780. The minimum Gasteiger partial charge on any atom is -0.494 e. The summed E-state index contributed by atoms with van der Waals surface area (Å²) in [5, 5.41) is 10.3. The number of hydrogen-bond acceptors (Lipinski definition) is 4. The molecule has 0 amide bonds. The lowest BCUT2D eigenvalue weighted by atomic mass is 10.0. The number of halogens is 1. The average molecular weight is 271 g/mol. The van der Waals surface area contributed by atoms with Crippen LogP contribution in [0.5, 0.6) is 5.75 Å². The monoisotopic (exact) mass is 271 g/mol. The van der Waals surface area contributed by atoms with Crippen LogP contribution in [0, 0.1) is 5.82 Å². The SMILES string of the molecule is COc1ccc(C(O)C2CSCCN2C)cc1F. The average Bonchev–Trinajstić information content (AvgIpc) is 2.38. The first-order valence-corrected chi connectivity index (χ1v) is 7.08. The molecule has 2 atom stereocenters. The van der Waals surface area contributed by atoms with Crippen LogP contribution in [0.25, 0.3) is 0 Å². The second-order valence-electron chi connectivity index (χ2n) is 4.46. The van der Waals surface area contributed by atoms with E-state index in [9.17, 15) is 9.50 Å². The zero-order valence-corrected chi connectivity index (χ0v) is 11.4. The van der Waals surface area contributed by atoms with E-state index in [4.69, 9.17) is 4.74 Å². The van der Waals surface area contributed by atoms with Gasteiger partial charge < -0.3 is 9.84 Å². The molecule has 100 valence electrons. The van der Waals surface area contributed by atoms with Gasteiger partial charge in [0.25, 0.3) is 0 Å². The van der Waals surface area contributed by atoms with Gasteiger partial charge in [0.15, 0.2) is 11.6 Å². The number of methoxy groups -OCH3 is 1. The van der Waals surface area contributed by atoms with E-state index in [1.165, 1.54) is 13.2 Å². The Morgan fingerprint density at radius 3 is 2.94 bits per heavy atom.